The molecule has 0 amide bonds. The van der Waals surface area contributed by atoms with E-state index in [4.69, 9.17) is 4.74 Å². The molecule has 0 fully saturated rings. The predicted octanol–water partition coefficient (Wildman–Crippen LogP) is 0.529. The van der Waals surface area contributed by atoms with E-state index in [2.05, 4.69) is 4.18 Å². The Labute approximate surface area is 79.9 Å². The minimum Gasteiger partial charge on any atom is -0.750 e. The van der Waals surface area contributed by atoms with Crippen LogP contribution in [0.15, 0.2) is 0 Å². The molecule has 78 valence electrons. The Morgan fingerprint density at radius 1 is 1.62 bits per heavy atom. The summed E-state index contributed by atoms with van der Waals surface area (Å²) in [5.74, 6) is -0.655. The molecular formula is C7H13O5S-. The van der Waals surface area contributed by atoms with E-state index >= 15 is 0 Å². The average molecular weight is 209 g/mol. The highest BCUT2D eigenvalue weighted by atomic mass is 32.2. The molecule has 0 spiro atoms. The van der Waals surface area contributed by atoms with Gasteiger partial charge in [0, 0.05) is 0 Å². The fourth-order valence-electron chi connectivity index (χ4n) is 0.592. The summed E-state index contributed by atoms with van der Waals surface area (Å²) in [6.45, 7) is 3.58. The van der Waals surface area contributed by atoms with Crippen LogP contribution in [0.25, 0.3) is 0 Å². The maximum atomic E-state index is 10.9. The van der Waals surface area contributed by atoms with Crippen LogP contribution in [0.4, 0.5) is 0 Å². The molecule has 0 N–H and O–H groups in total. The van der Waals surface area contributed by atoms with E-state index in [9.17, 15) is 13.6 Å². The molecule has 0 aliphatic rings. The predicted molar refractivity (Wildman–Crippen MR) is 45.3 cm³/mol. The smallest absolute Gasteiger partial charge is 0.336 e. The van der Waals surface area contributed by atoms with Crippen LogP contribution in [0.3, 0.4) is 0 Å². The van der Waals surface area contributed by atoms with Crippen LogP contribution in [0.1, 0.15) is 26.7 Å². The van der Waals surface area contributed by atoms with Gasteiger partial charge in [-0.3, -0.25) is 4.18 Å². The zero-order chi connectivity index (χ0) is 10.3. The maximum Gasteiger partial charge on any atom is 0.336 e. The first-order chi connectivity index (χ1) is 6.07. The van der Waals surface area contributed by atoms with Crippen molar-refractivity contribution in [2.24, 2.45) is 0 Å². The van der Waals surface area contributed by atoms with Gasteiger partial charge in [0.15, 0.2) is 6.10 Å². The summed E-state index contributed by atoms with van der Waals surface area (Å²) >= 11 is -2.67. The number of rotatable bonds is 6. The van der Waals surface area contributed by atoms with Crippen molar-refractivity contribution in [1.82, 2.24) is 0 Å². The van der Waals surface area contributed by atoms with Gasteiger partial charge in [0.25, 0.3) is 0 Å². The standard InChI is InChI=1S/C7H14O5S/c1-3-4-5-11-7(8)6(2)12-13(9)10/h6H,3-5H2,1-2H3,(H,9,10)/p-1. The number of hydrogen-bond donors (Lipinski definition) is 0. The molecule has 0 saturated carbocycles. The molecule has 0 radical (unpaired) electrons. The van der Waals surface area contributed by atoms with Gasteiger partial charge >= 0.3 is 5.97 Å². The molecule has 2 atom stereocenters. The Bertz CT molecular complexity index is 182. The third kappa shape index (κ3) is 6.68. The highest BCUT2D eigenvalue weighted by Crippen LogP contribution is 1.98. The highest BCUT2D eigenvalue weighted by Gasteiger charge is 2.14. The van der Waals surface area contributed by atoms with Crippen molar-refractivity contribution in [3.8, 4) is 0 Å². The van der Waals surface area contributed by atoms with E-state index in [1.807, 2.05) is 6.92 Å². The van der Waals surface area contributed by atoms with Gasteiger partial charge in [-0.1, -0.05) is 13.3 Å². The second kappa shape index (κ2) is 6.99. The van der Waals surface area contributed by atoms with Crippen molar-refractivity contribution < 1.29 is 22.5 Å². The van der Waals surface area contributed by atoms with E-state index in [1.165, 1.54) is 6.92 Å². The Balaban J connectivity index is 3.63. The van der Waals surface area contributed by atoms with Gasteiger partial charge in [-0.25, -0.2) is 9.00 Å². The summed E-state index contributed by atoms with van der Waals surface area (Å²) in [7, 11) is 0. The topological polar surface area (TPSA) is 75.7 Å². The normalized spacial score (nSPS) is 15.0. The fraction of sp³-hybridized carbons (Fsp3) is 0.857. The molecule has 0 bridgehead atoms. The van der Waals surface area contributed by atoms with Gasteiger partial charge in [0.2, 0.25) is 0 Å². The average Bonchev–Trinajstić information content (AvgIpc) is 2.03. The van der Waals surface area contributed by atoms with Crippen LogP contribution >= 0.6 is 0 Å². The molecule has 6 heteroatoms. The third-order valence-electron chi connectivity index (χ3n) is 1.30. The second-order valence-electron chi connectivity index (χ2n) is 2.46. The lowest BCUT2D eigenvalue weighted by atomic mass is 10.3. The number of carbonyl (C=O) groups is 1. The molecule has 2 unspecified atom stereocenters. The fourth-order valence-corrected chi connectivity index (χ4v) is 0.906. The van der Waals surface area contributed by atoms with Gasteiger partial charge in [-0.2, -0.15) is 0 Å². The molecule has 0 aliphatic heterocycles. The van der Waals surface area contributed by atoms with E-state index < -0.39 is 23.4 Å². The van der Waals surface area contributed by atoms with Gasteiger partial charge in [0.05, 0.1) is 18.0 Å². The van der Waals surface area contributed by atoms with E-state index in [1.54, 1.807) is 0 Å². The van der Waals surface area contributed by atoms with Crippen LogP contribution in [0.5, 0.6) is 0 Å². The van der Waals surface area contributed by atoms with Crippen molar-refractivity contribution in [2.75, 3.05) is 6.61 Å². The van der Waals surface area contributed by atoms with Crippen molar-refractivity contribution in [3.63, 3.8) is 0 Å². The lowest BCUT2D eigenvalue weighted by Gasteiger charge is -2.12. The molecule has 0 aromatic carbocycles. The molecule has 0 heterocycles. The van der Waals surface area contributed by atoms with E-state index in [-0.39, 0.29) is 0 Å². The van der Waals surface area contributed by atoms with Crippen molar-refractivity contribution in [3.05, 3.63) is 0 Å². The van der Waals surface area contributed by atoms with Gasteiger partial charge in [0.1, 0.15) is 0 Å². The first-order valence-electron chi connectivity index (χ1n) is 4.01. The maximum absolute atomic E-state index is 10.9. The van der Waals surface area contributed by atoms with Crippen LogP contribution in [0, 0.1) is 0 Å². The lowest BCUT2D eigenvalue weighted by molar-refractivity contribution is -0.151. The number of unbranched alkanes of at least 4 members (excludes halogenated alkanes) is 1. The Morgan fingerprint density at radius 2 is 2.23 bits per heavy atom. The highest BCUT2D eigenvalue weighted by molar-refractivity contribution is 7.74. The van der Waals surface area contributed by atoms with E-state index in [0.717, 1.165) is 12.8 Å². The number of hydrogen-bond acceptors (Lipinski definition) is 5. The van der Waals surface area contributed by atoms with Crippen LogP contribution in [-0.2, 0) is 25.1 Å². The number of esters is 1. The van der Waals surface area contributed by atoms with Gasteiger partial charge in [-0.15, -0.1) is 0 Å². The molecule has 0 aromatic rings. The minimum atomic E-state index is -2.67. The molecule has 0 saturated heterocycles. The molecular weight excluding hydrogens is 196 g/mol. The summed E-state index contributed by atoms with van der Waals surface area (Å²) in [5, 5.41) is 0. The van der Waals surface area contributed by atoms with Gasteiger partial charge < -0.3 is 9.29 Å². The number of carbonyl (C=O) groups excluding carboxylic acids is 1. The summed E-state index contributed by atoms with van der Waals surface area (Å²) in [6.07, 6.45) is 0.616. The Hall–Kier alpha value is -0.460. The SMILES string of the molecule is CCCCOC(=O)C(C)OS(=O)[O-]. The first kappa shape index (κ1) is 12.5. The summed E-state index contributed by atoms with van der Waals surface area (Å²) in [6, 6.07) is 0. The Morgan fingerprint density at radius 3 is 2.69 bits per heavy atom. The van der Waals surface area contributed by atoms with Crippen LogP contribution < -0.4 is 0 Å². The van der Waals surface area contributed by atoms with Crippen molar-refractivity contribution in [1.29, 1.82) is 0 Å². The van der Waals surface area contributed by atoms with E-state index in [0.29, 0.717) is 6.61 Å². The molecule has 13 heavy (non-hydrogen) atoms. The zero-order valence-electron chi connectivity index (χ0n) is 7.65. The largest absolute Gasteiger partial charge is 0.750 e. The molecule has 0 aromatic heterocycles. The van der Waals surface area contributed by atoms with Crippen molar-refractivity contribution >= 4 is 17.3 Å². The minimum absolute atomic E-state index is 0.300. The molecule has 0 rings (SSSR count). The monoisotopic (exact) mass is 209 g/mol. The quantitative estimate of drug-likeness (QED) is 0.362. The molecule has 5 nitrogen and oxygen atoms in total. The zero-order valence-corrected chi connectivity index (χ0v) is 8.46. The lowest BCUT2D eigenvalue weighted by Crippen LogP contribution is -2.24. The Kier molecular flexibility index (Phi) is 6.75. The molecule has 0 aliphatic carbocycles. The second-order valence-corrected chi connectivity index (χ2v) is 3.06. The number of ether oxygens (including phenoxy) is 1. The first-order valence-corrected chi connectivity index (χ1v) is 5.01. The van der Waals surface area contributed by atoms with Crippen molar-refractivity contribution in [2.45, 2.75) is 32.8 Å². The summed E-state index contributed by atoms with van der Waals surface area (Å²) < 4.78 is 28.9. The summed E-state index contributed by atoms with van der Waals surface area (Å²) in [4.78, 5) is 10.9. The summed E-state index contributed by atoms with van der Waals surface area (Å²) in [5.41, 5.74) is 0. The third-order valence-corrected chi connectivity index (χ3v) is 1.74. The van der Waals surface area contributed by atoms with Crippen LogP contribution in [-0.4, -0.2) is 27.4 Å². The van der Waals surface area contributed by atoms with Crippen LogP contribution in [0.2, 0.25) is 0 Å². The van der Waals surface area contributed by atoms with Gasteiger partial charge in [-0.05, 0) is 13.3 Å².